The number of nitrogens with two attached hydrogens (primary N) is 1. The molecule has 0 bridgehead atoms. The molecule has 0 aromatic heterocycles. The Morgan fingerprint density at radius 1 is 1.22 bits per heavy atom. The lowest BCUT2D eigenvalue weighted by Gasteiger charge is -2.32. The Morgan fingerprint density at radius 3 is 2.42 bits per heavy atom. The van der Waals surface area contributed by atoms with Gasteiger partial charge in [0, 0.05) is 6.42 Å². The number of hydrogen-bond donors (Lipinski definition) is 4. The lowest BCUT2D eigenvalue weighted by Crippen LogP contribution is -2.53. The van der Waals surface area contributed by atoms with Crippen LogP contribution in [0, 0.1) is 11.3 Å². The van der Waals surface area contributed by atoms with E-state index in [-0.39, 0.29) is 24.2 Å². The van der Waals surface area contributed by atoms with Crippen LogP contribution in [0.25, 0.3) is 0 Å². The van der Waals surface area contributed by atoms with Crippen LogP contribution in [0.3, 0.4) is 0 Å². The summed E-state index contributed by atoms with van der Waals surface area (Å²) in [7, 11) is 1.12. The molecule has 0 aliphatic rings. The van der Waals surface area contributed by atoms with Gasteiger partial charge in [0.05, 0.1) is 13.2 Å². The first-order valence-electron chi connectivity index (χ1n) is 10.9. The average molecular weight is 506 g/mol. The van der Waals surface area contributed by atoms with E-state index in [1.807, 2.05) is 0 Å². The minimum Gasteiger partial charge on any atom is -0.508 e. The van der Waals surface area contributed by atoms with Gasteiger partial charge in [0.2, 0.25) is 17.7 Å². The Morgan fingerprint density at radius 2 is 1.89 bits per heavy atom. The van der Waals surface area contributed by atoms with Crippen molar-refractivity contribution in [3.8, 4) is 11.8 Å². The summed E-state index contributed by atoms with van der Waals surface area (Å²) in [5, 5.41) is 24.0. The molecule has 2 atom stereocenters. The lowest BCUT2D eigenvalue weighted by molar-refractivity contribution is -0.144. The quantitative estimate of drug-likeness (QED) is 0.240. The summed E-state index contributed by atoms with van der Waals surface area (Å²) < 4.78 is 9.69. The summed E-state index contributed by atoms with van der Waals surface area (Å²) in [5.41, 5.74) is 4.43. The molecule has 0 saturated carbocycles. The van der Waals surface area contributed by atoms with E-state index < -0.39 is 60.6 Å². The first kappa shape index (κ1) is 29.7. The van der Waals surface area contributed by atoms with E-state index >= 15 is 0 Å². The highest BCUT2D eigenvalue weighted by molar-refractivity contribution is 5.93. The molecule has 0 fully saturated rings. The van der Waals surface area contributed by atoms with Crippen molar-refractivity contribution in [2.45, 2.75) is 51.3 Å². The van der Waals surface area contributed by atoms with E-state index in [4.69, 9.17) is 10.5 Å². The second kappa shape index (κ2) is 13.5. The molecule has 13 heteroatoms. The summed E-state index contributed by atoms with van der Waals surface area (Å²) in [4.78, 5) is 62.8. The minimum atomic E-state index is -1.49. The minimum absolute atomic E-state index is 0.117. The van der Waals surface area contributed by atoms with Crippen molar-refractivity contribution in [3.05, 3.63) is 29.8 Å². The van der Waals surface area contributed by atoms with E-state index in [9.17, 15) is 34.3 Å². The maximum Gasteiger partial charge on any atom is 0.408 e. The Kier molecular flexibility index (Phi) is 11.2. The zero-order chi connectivity index (χ0) is 27.5. The van der Waals surface area contributed by atoms with E-state index in [0.29, 0.717) is 0 Å². The monoisotopic (exact) mass is 505 g/mol. The predicted molar refractivity (Wildman–Crippen MR) is 125 cm³/mol. The number of phenolic OH excluding ortho intramolecular Hbond substituents is 1. The molecule has 13 nitrogen and oxygen atoms in total. The molecule has 0 aliphatic carbocycles. The normalized spacial score (nSPS) is 12.3. The second-order valence-corrected chi connectivity index (χ2v) is 8.62. The molecule has 0 spiro atoms. The third-order valence-corrected chi connectivity index (χ3v) is 4.57. The van der Waals surface area contributed by atoms with Gasteiger partial charge >= 0.3 is 12.1 Å². The lowest BCUT2D eigenvalue weighted by atomic mass is 10.0. The van der Waals surface area contributed by atoms with Crippen molar-refractivity contribution < 1.29 is 38.6 Å². The number of phenols is 1. The topological polar surface area (TPSA) is 201 Å². The predicted octanol–water partition coefficient (Wildman–Crippen LogP) is 0.233. The average Bonchev–Trinajstić information content (AvgIpc) is 2.78. The summed E-state index contributed by atoms with van der Waals surface area (Å²) in [6.07, 6.45) is -1.50. The largest absolute Gasteiger partial charge is 0.508 e. The van der Waals surface area contributed by atoms with Crippen LogP contribution in [0.5, 0.6) is 5.75 Å². The fraction of sp³-hybridized carbons (Fsp3) is 0.478. The molecular weight excluding hydrogens is 474 g/mol. The molecule has 0 heterocycles. The number of methoxy groups -OCH3 is 1. The number of benzene rings is 1. The van der Waals surface area contributed by atoms with Crippen LogP contribution in [0.15, 0.2) is 24.3 Å². The molecule has 0 aliphatic heterocycles. The van der Waals surface area contributed by atoms with Crippen molar-refractivity contribution in [2.75, 3.05) is 20.2 Å². The number of carbonyl (C=O) groups excluding carboxylic acids is 5. The van der Waals surface area contributed by atoms with Gasteiger partial charge in [0.25, 0.3) is 0 Å². The molecule has 5 N–H and O–H groups in total. The summed E-state index contributed by atoms with van der Waals surface area (Å²) in [6.45, 7) is 3.68. The number of ether oxygens (including phenoxy) is 2. The van der Waals surface area contributed by atoms with Crippen molar-refractivity contribution in [3.63, 3.8) is 0 Å². The van der Waals surface area contributed by atoms with Gasteiger partial charge in [-0.1, -0.05) is 12.1 Å². The number of aromatic hydroxyl groups is 1. The van der Waals surface area contributed by atoms with Gasteiger partial charge in [-0.3, -0.25) is 19.2 Å². The molecule has 1 aromatic rings. The number of alkyl carbamates (subject to hydrolysis) is 1. The van der Waals surface area contributed by atoms with E-state index in [1.54, 1.807) is 26.8 Å². The van der Waals surface area contributed by atoms with Gasteiger partial charge in [-0.2, -0.15) is 5.26 Å². The molecule has 196 valence electrons. The second-order valence-electron chi connectivity index (χ2n) is 8.62. The first-order chi connectivity index (χ1) is 16.8. The zero-order valence-corrected chi connectivity index (χ0v) is 20.6. The molecule has 1 aromatic carbocycles. The van der Waals surface area contributed by atoms with E-state index in [1.165, 1.54) is 24.3 Å². The molecule has 0 saturated heterocycles. The number of hydrogen-bond acceptors (Lipinski definition) is 9. The molecule has 1 rings (SSSR count). The SMILES string of the molecule is COC(=O)CNC(=O)C(c1cccc(O)c1)N(CC#N)C(=O)C(CCC(N)=O)NC(=O)OC(C)(C)C. The summed E-state index contributed by atoms with van der Waals surface area (Å²) in [5.74, 6) is -3.49. The van der Waals surface area contributed by atoms with Crippen LogP contribution in [-0.4, -0.2) is 71.6 Å². The van der Waals surface area contributed by atoms with Gasteiger partial charge < -0.3 is 35.8 Å². The number of amides is 4. The van der Waals surface area contributed by atoms with Crippen LogP contribution in [0.4, 0.5) is 4.79 Å². The van der Waals surface area contributed by atoms with Crippen molar-refractivity contribution in [1.82, 2.24) is 15.5 Å². The Bertz CT molecular complexity index is 1010. The number of carbonyl (C=O) groups is 5. The summed E-state index contributed by atoms with van der Waals surface area (Å²) in [6, 6.07) is 4.30. The van der Waals surface area contributed by atoms with Gasteiger partial charge in [0.15, 0.2) is 0 Å². The standard InChI is InChI=1S/C23H31N5O8/c1-23(2,3)36-22(34)27-16(8-9-17(25)30)21(33)28(11-10-24)19(14-6-5-7-15(29)12-14)20(32)26-13-18(31)35-4/h5-7,12,16,19,29H,8-9,11,13H2,1-4H3,(H2,25,30)(H,26,32)(H,27,34). The zero-order valence-electron chi connectivity index (χ0n) is 20.6. The number of nitrogens with zero attached hydrogens (tertiary/aromatic N) is 2. The van der Waals surface area contributed by atoms with Crippen molar-refractivity contribution in [2.24, 2.45) is 5.73 Å². The molecule has 2 unspecified atom stereocenters. The molecule has 36 heavy (non-hydrogen) atoms. The highest BCUT2D eigenvalue weighted by Crippen LogP contribution is 2.26. The van der Waals surface area contributed by atoms with Gasteiger partial charge in [-0.25, -0.2) is 4.79 Å². The Hall–Kier alpha value is -4.34. The third-order valence-electron chi connectivity index (χ3n) is 4.57. The van der Waals surface area contributed by atoms with Gasteiger partial charge in [-0.05, 0) is 44.9 Å². The molecule has 0 radical (unpaired) electrons. The molecule has 4 amide bonds. The number of esters is 1. The maximum absolute atomic E-state index is 13.6. The van der Waals surface area contributed by atoms with Crippen molar-refractivity contribution in [1.29, 1.82) is 5.26 Å². The van der Waals surface area contributed by atoms with E-state index in [0.717, 1.165) is 12.0 Å². The maximum atomic E-state index is 13.6. The van der Waals surface area contributed by atoms with Gasteiger partial charge in [-0.15, -0.1) is 0 Å². The van der Waals surface area contributed by atoms with Crippen LogP contribution in [0.1, 0.15) is 45.2 Å². The van der Waals surface area contributed by atoms with Crippen LogP contribution in [0.2, 0.25) is 0 Å². The van der Waals surface area contributed by atoms with Crippen LogP contribution >= 0.6 is 0 Å². The third kappa shape index (κ3) is 9.88. The first-order valence-corrected chi connectivity index (χ1v) is 10.9. The number of nitrogens with one attached hydrogen (secondary N) is 2. The fourth-order valence-electron chi connectivity index (χ4n) is 3.06. The number of rotatable bonds is 11. The van der Waals surface area contributed by atoms with E-state index in [2.05, 4.69) is 15.4 Å². The van der Waals surface area contributed by atoms with Crippen LogP contribution < -0.4 is 16.4 Å². The highest BCUT2D eigenvalue weighted by Gasteiger charge is 2.36. The Balaban J connectivity index is 3.43. The molecular formula is C23H31N5O8. The Labute approximate surface area is 208 Å². The van der Waals surface area contributed by atoms with Crippen molar-refractivity contribution >= 4 is 29.8 Å². The smallest absolute Gasteiger partial charge is 0.408 e. The van der Waals surface area contributed by atoms with Gasteiger partial charge in [0.1, 0.15) is 36.5 Å². The number of primary amides is 1. The number of nitriles is 1. The fourth-order valence-corrected chi connectivity index (χ4v) is 3.06. The highest BCUT2D eigenvalue weighted by atomic mass is 16.6. The summed E-state index contributed by atoms with van der Waals surface area (Å²) >= 11 is 0. The van der Waals surface area contributed by atoms with Crippen LogP contribution in [-0.2, 0) is 28.7 Å².